The first-order valence-corrected chi connectivity index (χ1v) is 13.4. The second-order valence-corrected chi connectivity index (χ2v) is 10.3. The van der Waals surface area contributed by atoms with E-state index in [1.165, 1.54) is 0 Å². The molecule has 0 radical (unpaired) electrons. The third-order valence-corrected chi connectivity index (χ3v) is 7.53. The molecule has 11 heteroatoms. The second kappa shape index (κ2) is 13.0. The van der Waals surface area contributed by atoms with Crippen LogP contribution in [0.1, 0.15) is 55.3 Å². The Morgan fingerprint density at radius 3 is 2.58 bits per heavy atom. The Labute approximate surface area is 225 Å². The topological polar surface area (TPSA) is 136 Å². The maximum atomic E-state index is 12.3. The fraction of sp³-hybridized carbons (Fsp3) is 0.407. The number of aromatic nitrogens is 3. The van der Waals surface area contributed by atoms with Crippen LogP contribution in [0, 0.1) is 5.92 Å². The summed E-state index contributed by atoms with van der Waals surface area (Å²) >= 11 is 1.56. The molecule has 0 saturated carbocycles. The maximum Gasteiger partial charge on any atom is 0.303 e. The minimum Gasteiger partial charge on any atom is -0.481 e. The summed E-state index contributed by atoms with van der Waals surface area (Å²) in [5.74, 6) is -0.516. The number of carboxylic acid groups (broad SMARTS) is 1. The van der Waals surface area contributed by atoms with Crippen molar-refractivity contribution in [2.24, 2.45) is 13.0 Å². The number of rotatable bonds is 11. The molecule has 1 aromatic heterocycles. The van der Waals surface area contributed by atoms with Crippen LogP contribution in [0.15, 0.2) is 60.0 Å². The van der Waals surface area contributed by atoms with E-state index in [2.05, 4.69) is 22.4 Å². The number of thioether (sulfide) groups is 1. The Balaban J connectivity index is 1.52. The number of carbonyl (C=O) groups is 2. The molecule has 1 saturated heterocycles. The predicted octanol–water partition coefficient (Wildman–Crippen LogP) is 4.08. The average Bonchev–Trinajstić information content (AvgIpc) is 3.32. The number of ether oxygens (including phenoxy) is 2. The van der Waals surface area contributed by atoms with Gasteiger partial charge in [0.15, 0.2) is 11.4 Å². The fourth-order valence-corrected chi connectivity index (χ4v) is 5.31. The number of anilines is 1. The van der Waals surface area contributed by atoms with Gasteiger partial charge < -0.3 is 29.6 Å². The average molecular weight is 541 g/mol. The lowest BCUT2D eigenvalue weighted by atomic mass is 9.91. The summed E-state index contributed by atoms with van der Waals surface area (Å²) in [6.45, 7) is 2.06. The standard InChI is InChI=1S/C27H32N4O6S/c1-17-22(15-38-27-30-28-16-31(27)2)36-26(37-25(17)19-11-9-18(14-32)10-12-19)20-5-3-6-21(13-20)29-23(33)7-4-8-24(34)35/h3,5-6,9-13,16-17,22,25-26,32H,4,7-8,14-15H2,1-2H3,(H,29,33)(H,34,35)/t17-,22+,25+,26+/m0/s1. The lowest BCUT2D eigenvalue weighted by Crippen LogP contribution is -2.38. The summed E-state index contributed by atoms with van der Waals surface area (Å²) < 4.78 is 14.8. The number of nitrogens with zero attached hydrogens (tertiary/aromatic N) is 3. The number of hydrogen-bond acceptors (Lipinski definition) is 8. The molecule has 0 spiro atoms. The van der Waals surface area contributed by atoms with Crippen LogP contribution in [-0.2, 0) is 32.7 Å². The minimum atomic E-state index is -0.923. The summed E-state index contributed by atoms with van der Waals surface area (Å²) in [5, 5.41) is 30.0. The van der Waals surface area contributed by atoms with Crippen molar-refractivity contribution in [2.75, 3.05) is 11.1 Å². The van der Waals surface area contributed by atoms with Crippen LogP contribution in [0.25, 0.3) is 0 Å². The highest BCUT2D eigenvalue weighted by Gasteiger charge is 2.38. The molecule has 202 valence electrons. The van der Waals surface area contributed by atoms with Gasteiger partial charge in [-0.25, -0.2) is 0 Å². The molecular formula is C27H32N4O6S. The normalized spacial score (nSPS) is 21.2. The van der Waals surface area contributed by atoms with Gasteiger partial charge in [-0.05, 0) is 29.7 Å². The number of aryl methyl sites for hydroxylation is 1. The van der Waals surface area contributed by atoms with Crippen molar-refractivity contribution < 1.29 is 29.3 Å². The summed E-state index contributed by atoms with van der Waals surface area (Å²) in [6, 6.07) is 15.0. The Bertz CT molecular complexity index is 1230. The molecule has 3 N–H and O–H groups in total. The van der Waals surface area contributed by atoms with E-state index < -0.39 is 12.3 Å². The van der Waals surface area contributed by atoms with Crippen LogP contribution in [0.3, 0.4) is 0 Å². The lowest BCUT2D eigenvalue weighted by Gasteiger charge is -2.41. The van der Waals surface area contributed by atoms with Crippen LogP contribution < -0.4 is 5.32 Å². The highest BCUT2D eigenvalue weighted by molar-refractivity contribution is 7.99. The van der Waals surface area contributed by atoms with Crippen LogP contribution in [0.2, 0.25) is 0 Å². The van der Waals surface area contributed by atoms with E-state index in [4.69, 9.17) is 14.6 Å². The third kappa shape index (κ3) is 7.19. The number of aliphatic carboxylic acids is 1. The van der Waals surface area contributed by atoms with Crippen molar-refractivity contribution in [3.05, 3.63) is 71.5 Å². The molecule has 2 heterocycles. The summed E-state index contributed by atoms with van der Waals surface area (Å²) in [6.07, 6.45) is 0.888. The van der Waals surface area contributed by atoms with E-state index in [9.17, 15) is 14.7 Å². The molecule has 2 aromatic carbocycles. The molecule has 1 amide bonds. The summed E-state index contributed by atoms with van der Waals surface area (Å²) in [4.78, 5) is 23.0. The van der Waals surface area contributed by atoms with Crippen molar-refractivity contribution in [3.63, 3.8) is 0 Å². The van der Waals surface area contributed by atoms with Crippen LogP contribution in [0.4, 0.5) is 5.69 Å². The Morgan fingerprint density at radius 1 is 1.11 bits per heavy atom. The molecule has 1 aliphatic rings. The van der Waals surface area contributed by atoms with E-state index in [1.807, 2.05) is 54.1 Å². The molecule has 1 fully saturated rings. The van der Waals surface area contributed by atoms with Gasteiger partial charge in [0.2, 0.25) is 5.91 Å². The lowest BCUT2D eigenvalue weighted by molar-refractivity contribution is -0.268. The van der Waals surface area contributed by atoms with Gasteiger partial charge in [0.05, 0.1) is 18.8 Å². The van der Waals surface area contributed by atoms with Gasteiger partial charge in [0, 0.05) is 42.8 Å². The van der Waals surface area contributed by atoms with E-state index in [0.29, 0.717) is 11.4 Å². The van der Waals surface area contributed by atoms with Crippen LogP contribution >= 0.6 is 11.8 Å². The van der Waals surface area contributed by atoms with Gasteiger partial charge in [0.1, 0.15) is 6.33 Å². The predicted molar refractivity (Wildman–Crippen MR) is 141 cm³/mol. The number of aliphatic hydroxyl groups is 1. The van der Waals surface area contributed by atoms with E-state index in [1.54, 1.807) is 24.2 Å². The third-order valence-electron chi connectivity index (χ3n) is 6.41. The SMILES string of the molecule is C[C@H]1[C@@H](CSc2nncn2C)O[C@@H](c2cccc(NC(=O)CCCC(=O)O)c2)O[C@H]1c1ccc(CO)cc1. The summed E-state index contributed by atoms with van der Waals surface area (Å²) in [7, 11) is 1.90. The number of hydrogen-bond donors (Lipinski definition) is 3. The highest BCUT2D eigenvalue weighted by Crippen LogP contribution is 2.43. The molecular weight excluding hydrogens is 508 g/mol. The number of nitrogens with one attached hydrogen (secondary N) is 1. The van der Waals surface area contributed by atoms with Crippen molar-refractivity contribution in [1.82, 2.24) is 14.8 Å². The zero-order valence-electron chi connectivity index (χ0n) is 21.3. The Morgan fingerprint density at radius 2 is 1.89 bits per heavy atom. The number of aliphatic hydroxyl groups excluding tert-OH is 1. The molecule has 0 bridgehead atoms. The zero-order valence-corrected chi connectivity index (χ0v) is 22.1. The van der Waals surface area contributed by atoms with Crippen molar-refractivity contribution in [3.8, 4) is 0 Å². The molecule has 4 rings (SSSR count). The largest absolute Gasteiger partial charge is 0.481 e. The van der Waals surface area contributed by atoms with Gasteiger partial charge in [-0.2, -0.15) is 0 Å². The van der Waals surface area contributed by atoms with E-state index in [-0.39, 0.29) is 49.9 Å². The van der Waals surface area contributed by atoms with Gasteiger partial charge in [-0.15, -0.1) is 10.2 Å². The molecule has 1 aliphatic heterocycles. The molecule has 3 aromatic rings. The number of amides is 1. The van der Waals surface area contributed by atoms with Crippen LogP contribution in [0.5, 0.6) is 0 Å². The highest BCUT2D eigenvalue weighted by atomic mass is 32.2. The molecule has 4 atom stereocenters. The second-order valence-electron chi connectivity index (χ2n) is 9.28. The fourth-order valence-electron chi connectivity index (χ4n) is 4.26. The first kappa shape index (κ1) is 27.8. The number of benzene rings is 2. The Hall–Kier alpha value is -3.25. The zero-order chi connectivity index (χ0) is 27.1. The monoisotopic (exact) mass is 540 g/mol. The molecule has 0 aliphatic carbocycles. The molecule has 0 unspecified atom stereocenters. The van der Waals surface area contributed by atoms with Gasteiger partial charge >= 0.3 is 5.97 Å². The first-order valence-electron chi connectivity index (χ1n) is 12.4. The quantitative estimate of drug-likeness (QED) is 0.307. The van der Waals surface area contributed by atoms with Crippen molar-refractivity contribution >= 4 is 29.3 Å². The minimum absolute atomic E-state index is 0.0177. The first-order chi connectivity index (χ1) is 18.3. The maximum absolute atomic E-state index is 12.3. The number of carbonyl (C=O) groups excluding carboxylic acids is 1. The van der Waals surface area contributed by atoms with E-state index >= 15 is 0 Å². The van der Waals surface area contributed by atoms with Gasteiger partial charge in [-0.1, -0.05) is 55.1 Å². The van der Waals surface area contributed by atoms with Crippen LogP contribution in [-0.4, -0.2) is 48.7 Å². The van der Waals surface area contributed by atoms with Gasteiger partial charge in [-0.3, -0.25) is 9.59 Å². The van der Waals surface area contributed by atoms with E-state index in [0.717, 1.165) is 21.8 Å². The number of carboxylic acids is 1. The summed E-state index contributed by atoms with van der Waals surface area (Å²) in [5.41, 5.74) is 3.15. The van der Waals surface area contributed by atoms with Crippen molar-refractivity contribution in [1.29, 1.82) is 0 Å². The Kier molecular flexibility index (Phi) is 9.51. The molecule has 10 nitrogen and oxygen atoms in total. The smallest absolute Gasteiger partial charge is 0.303 e. The molecule has 38 heavy (non-hydrogen) atoms. The van der Waals surface area contributed by atoms with Gasteiger partial charge in [0.25, 0.3) is 0 Å². The van der Waals surface area contributed by atoms with Crippen molar-refractivity contribution in [2.45, 2.75) is 56.4 Å².